The Morgan fingerprint density at radius 3 is 2.20 bits per heavy atom. The molecular formula is C14H22N2O4. The number of nitro benzene ring substituents is 1. The zero-order valence-electron chi connectivity index (χ0n) is 12.4. The predicted molar refractivity (Wildman–Crippen MR) is 77.2 cm³/mol. The summed E-state index contributed by atoms with van der Waals surface area (Å²) in [5, 5.41) is 11.2. The maximum Gasteiger partial charge on any atom is 0.278 e. The van der Waals surface area contributed by atoms with E-state index in [4.69, 9.17) is 15.2 Å². The van der Waals surface area contributed by atoms with Crippen molar-refractivity contribution in [2.45, 2.75) is 32.7 Å². The highest BCUT2D eigenvalue weighted by atomic mass is 16.6. The summed E-state index contributed by atoms with van der Waals surface area (Å²) >= 11 is 0. The van der Waals surface area contributed by atoms with Crippen LogP contribution in [0.4, 0.5) is 5.69 Å². The van der Waals surface area contributed by atoms with Crippen LogP contribution < -0.4 is 15.2 Å². The fourth-order valence-corrected chi connectivity index (χ4v) is 2.01. The molecule has 0 saturated heterocycles. The van der Waals surface area contributed by atoms with Gasteiger partial charge in [-0.3, -0.25) is 10.1 Å². The zero-order chi connectivity index (χ0) is 15.3. The molecular weight excluding hydrogens is 260 g/mol. The Hall–Kier alpha value is -1.82. The molecule has 0 bridgehead atoms. The molecule has 6 nitrogen and oxygen atoms in total. The zero-order valence-corrected chi connectivity index (χ0v) is 12.4. The lowest BCUT2D eigenvalue weighted by Crippen LogP contribution is -2.13. The molecule has 1 aromatic rings. The van der Waals surface area contributed by atoms with Crippen molar-refractivity contribution < 1.29 is 14.4 Å². The van der Waals surface area contributed by atoms with Crippen molar-refractivity contribution in [1.29, 1.82) is 0 Å². The van der Waals surface area contributed by atoms with E-state index in [9.17, 15) is 10.1 Å². The van der Waals surface area contributed by atoms with Crippen LogP contribution in [0.2, 0.25) is 0 Å². The normalized spacial score (nSPS) is 12.3. The molecule has 6 heteroatoms. The van der Waals surface area contributed by atoms with Crippen molar-refractivity contribution >= 4 is 5.69 Å². The summed E-state index contributed by atoms with van der Waals surface area (Å²) in [6, 6.07) is 2.57. The van der Waals surface area contributed by atoms with Gasteiger partial charge in [-0.1, -0.05) is 13.8 Å². The Kier molecular flexibility index (Phi) is 5.76. The van der Waals surface area contributed by atoms with Gasteiger partial charge in [-0.25, -0.2) is 0 Å². The lowest BCUT2D eigenvalue weighted by atomic mass is 9.96. The average molecular weight is 282 g/mol. The topological polar surface area (TPSA) is 87.6 Å². The van der Waals surface area contributed by atoms with Gasteiger partial charge < -0.3 is 15.2 Å². The number of hydrogen-bond donors (Lipinski definition) is 1. The second-order valence-electron chi connectivity index (χ2n) is 5.10. The SMILES string of the molecule is COc1cc([C@@H](N)CCC(C)C)c([N+](=O)[O-])cc1OC. The standard InChI is InChI=1S/C14H22N2O4/c1-9(2)5-6-11(15)10-7-13(19-3)14(20-4)8-12(10)16(17)18/h7-9,11H,5-6,15H2,1-4H3/t11-/m0/s1. The number of nitrogens with two attached hydrogens (primary N) is 1. The number of hydrogen-bond acceptors (Lipinski definition) is 5. The number of methoxy groups -OCH3 is 2. The molecule has 20 heavy (non-hydrogen) atoms. The third-order valence-corrected chi connectivity index (χ3v) is 3.18. The highest BCUT2D eigenvalue weighted by molar-refractivity contribution is 5.55. The monoisotopic (exact) mass is 282 g/mol. The van der Waals surface area contributed by atoms with Gasteiger partial charge in [-0.05, 0) is 24.8 Å². The van der Waals surface area contributed by atoms with E-state index >= 15 is 0 Å². The summed E-state index contributed by atoms with van der Waals surface area (Å²) < 4.78 is 10.3. The average Bonchev–Trinajstić information content (AvgIpc) is 2.42. The van der Waals surface area contributed by atoms with Gasteiger partial charge in [0.2, 0.25) is 0 Å². The van der Waals surface area contributed by atoms with Crippen molar-refractivity contribution in [3.63, 3.8) is 0 Å². The largest absolute Gasteiger partial charge is 0.493 e. The summed E-state index contributed by atoms with van der Waals surface area (Å²) in [5.74, 6) is 1.28. The van der Waals surface area contributed by atoms with Crippen LogP contribution in [0.5, 0.6) is 11.5 Å². The van der Waals surface area contributed by atoms with E-state index in [1.165, 1.54) is 20.3 Å². The van der Waals surface area contributed by atoms with Gasteiger partial charge in [0, 0.05) is 6.04 Å². The lowest BCUT2D eigenvalue weighted by Gasteiger charge is -2.16. The third kappa shape index (κ3) is 3.84. The number of nitrogens with zero attached hydrogens (tertiary/aromatic N) is 1. The molecule has 0 saturated carbocycles. The highest BCUT2D eigenvalue weighted by Gasteiger charge is 2.23. The van der Waals surface area contributed by atoms with Gasteiger partial charge in [0.1, 0.15) is 0 Å². The van der Waals surface area contributed by atoms with Crippen LogP contribution in [-0.4, -0.2) is 19.1 Å². The number of nitro groups is 1. The first-order chi connectivity index (χ1) is 9.40. The molecule has 0 spiro atoms. The Bertz CT molecular complexity index is 474. The van der Waals surface area contributed by atoms with E-state index in [0.717, 1.165) is 6.42 Å². The first-order valence-electron chi connectivity index (χ1n) is 6.56. The Morgan fingerprint density at radius 2 is 1.75 bits per heavy atom. The molecule has 0 amide bonds. The second kappa shape index (κ2) is 7.09. The highest BCUT2D eigenvalue weighted by Crippen LogP contribution is 2.37. The van der Waals surface area contributed by atoms with Crippen LogP contribution in [0.1, 0.15) is 38.3 Å². The minimum absolute atomic E-state index is 0.0288. The fraction of sp³-hybridized carbons (Fsp3) is 0.571. The molecule has 0 aliphatic carbocycles. The maximum absolute atomic E-state index is 11.2. The van der Waals surface area contributed by atoms with Crippen LogP contribution in [0.3, 0.4) is 0 Å². The summed E-state index contributed by atoms with van der Waals surface area (Å²) in [7, 11) is 2.94. The third-order valence-electron chi connectivity index (χ3n) is 3.18. The first kappa shape index (κ1) is 16.2. The molecule has 1 aromatic carbocycles. The van der Waals surface area contributed by atoms with E-state index < -0.39 is 11.0 Å². The van der Waals surface area contributed by atoms with Gasteiger partial charge in [0.15, 0.2) is 11.5 Å². The van der Waals surface area contributed by atoms with Crippen molar-refractivity contribution in [3.8, 4) is 11.5 Å². The van der Waals surface area contributed by atoms with E-state index in [1.54, 1.807) is 6.07 Å². The predicted octanol–water partition coefficient (Wildman–Crippen LogP) is 3.05. The second-order valence-corrected chi connectivity index (χ2v) is 5.10. The molecule has 0 aliphatic rings. The van der Waals surface area contributed by atoms with Gasteiger partial charge in [-0.2, -0.15) is 0 Å². The van der Waals surface area contributed by atoms with Gasteiger partial charge in [-0.15, -0.1) is 0 Å². The van der Waals surface area contributed by atoms with Crippen LogP contribution in [0.15, 0.2) is 12.1 Å². The van der Waals surface area contributed by atoms with E-state index in [2.05, 4.69) is 13.8 Å². The Labute approximate surface area is 119 Å². The Balaban J connectivity index is 3.18. The molecule has 0 aliphatic heterocycles. The quantitative estimate of drug-likeness (QED) is 0.613. The first-order valence-corrected chi connectivity index (χ1v) is 6.56. The number of ether oxygens (including phenoxy) is 2. The minimum Gasteiger partial charge on any atom is -0.493 e. The molecule has 112 valence electrons. The molecule has 0 heterocycles. The molecule has 0 radical (unpaired) electrons. The Morgan fingerprint density at radius 1 is 1.20 bits per heavy atom. The van der Waals surface area contributed by atoms with Crippen LogP contribution in [-0.2, 0) is 0 Å². The molecule has 0 aromatic heterocycles. The van der Waals surface area contributed by atoms with Crippen LogP contribution >= 0.6 is 0 Å². The van der Waals surface area contributed by atoms with Crippen molar-refractivity contribution in [2.75, 3.05) is 14.2 Å². The summed E-state index contributed by atoms with van der Waals surface area (Å²) in [4.78, 5) is 10.7. The fourth-order valence-electron chi connectivity index (χ4n) is 2.01. The van der Waals surface area contributed by atoms with Gasteiger partial charge in [0.05, 0.1) is 30.8 Å². The van der Waals surface area contributed by atoms with Crippen LogP contribution in [0, 0.1) is 16.0 Å². The molecule has 0 fully saturated rings. The molecule has 1 atom stereocenters. The summed E-state index contributed by atoms with van der Waals surface area (Å²) in [6.07, 6.45) is 1.60. The maximum atomic E-state index is 11.2. The molecule has 2 N–H and O–H groups in total. The number of benzene rings is 1. The van der Waals surface area contributed by atoms with E-state index in [1.807, 2.05) is 0 Å². The lowest BCUT2D eigenvalue weighted by molar-refractivity contribution is -0.385. The summed E-state index contributed by atoms with van der Waals surface area (Å²) in [5.41, 5.74) is 6.55. The van der Waals surface area contributed by atoms with Gasteiger partial charge >= 0.3 is 0 Å². The molecule has 1 rings (SSSR count). The number of rotatable bonds is 7. The minimum atomic E-state index is -0.438. The molecule has 0 unspecified atom stereocenters. The smallest absolute Gasteiger partial charge is 0.278 e. The van der Waals surface area contributed by atoms with E-state index in [-0.39, 0.29) is 5.69 Å². The van der Waals surface area contributed by atoms with Crippen molar-refractivity contribution in [2.24, 2.45) is 11.7 Å². The van der Waals surface area contributed by atoms with Gasteiger partial charge in [0.25, 0.3) is 5.69 Å². The van der Waals surface area contributed by atoms with Crippen molar-refractivity contribution in [3.05, 3.63) is 27.8 Å². The summed E-state index contributed by atoms with van der Waals surface area (Å²) in [6.45, 7) is 4.19. The van der Waals surface area contributed by atoms with E-state index in [0.29, 0.717) is 29.4 Å². The van der Waals surface area contributed by atoms with Crippen LogP contribution in [0.25, 0.3) is 0 Å². The van der Waals surface area contributed by atoms with Crippen molar-refractivity contribution in [1.82, 2.24) is 0 Å².